The quantitative estimate of drug-likeness (QED) is 0.518. The number of carbonyl (C=O) groups is 1. The zero-order valence-electron chi connectivity index (χ0n) is 8.60. The number of ether oxygens (including phenoxy) is 1. The molecule has 0 aliphatic heterocycles. The highest BCUT2D eigenvalue weighted by Crippen LogP contribution is 2.21. The highest BCUT2D eigenvalue weighted by atomic mass is 16.5. The Morgan fingerprint density at radius 3 is 2.94 bits per heavy atom. The molecule has 16 heavy (non-hydrogen) atoms. The van der Waals surface area contributed by atoms with E-state index in [4.69, 9.17) is 15.3 Å². The molecule has 0 saturated carbocycles. The second-order valence-electron chi connectivity index (χ2n) is 2.77. The summed E-state index contributed by atoms with van der Waals surface area (Å²) in [7, 11) is 1.46. The molecule has 0 radical (unpaired) electrons. The Balaban J connectivity index is 3.02. The lowest BCUT2D eigenvalue weighted by molar-refractivity contribution is 0.0697. The van der Waals surface area contributed by atoms with Crippen molar-refractivity contribution in [3.8, 4) is 5.75 Å². The highest BCUT2D eigenvalue weighted by Gasteiger charge is 2.10. The summed E-state index contributed by atoms with van der Waals surface area (Å²) in [4.78, 5) is 10.9. The molecule has 6 nitrogen and oxygen atoms in total. The van der Waals surface area contributed by atoms with Crippen LogP contribution in [0.5, 0.6) is 5.75 Å². The molecule has 84 valence electrons. The lowest BCUT2D eigenvalue weighted by atomic mass is 10.2. The van der Waals surface area contributed by atoms with Gasteiger partial charge in [0, 0.05) is 6.21 Å². The minimum Gasteiger partial charge on any atom is -0.497 e. The lowest BCUT2D eigenvalue weighted by Gasteiger charge is -2.06. The molecule has 0 aliphatic rings. The van der Waals surface area contributed by atoms with E-state index >= 15 is 0 Å². The van der Waals surface area contributed by atoms with Gasteiger partial charge in [-0.1, -0.05) is 0 Å². The molecule has 0 spiro atoms. The maximum Gasteiger partial charge on any atom is 0.338 e. The van der Waals surface area contributed by atoms with Crippen LogP contribution < -0.4 is 10.2 Å². The van der Waals surface area contributed by atoms with Gasteiger partial charge in [0.15, 0.2) is 0 Å². The fourth-order valence-corrected chi connectivity index (χ4v) is 1.07. The number of nitrogens with zero attached hydrogens (tertiary/aromatic N) is 1. The van der Waals surface area contributed by atoms with Crippen molar-refractivity contribution in [1.29, 1.82) is 5.41 Å². The molecule has 0 aliphatic carbocycles. The number of benzene rings is 1. The average molecular weight is 221 g/mol. The Hall–Kier alpha value is -2.37. The lowest BCUT2D eigenvalue weighted by Crippen LogP contribution is -2.03. The van der Waals surface area contributed by atoms with Crippen molar-refractivity contribution in [1.82, 2.24) is 0 Å². The fraction of sp³-hybridized carbons (Fsp3) is 0.100. The molecule has 0 unspecified atom stereocenters. The third kappa shape index (κ3) is 2.81. The highest BCUT2D eigenvalue weighted by molar-refractivity contribution is 6.14. The van der Waals surface area contributed by atoms with Crippen molar-refractivity contribution in [2.75, 3.05) is 12.5 Å². The van der Waals surface area contributed by atoms with Crippen LogP contribution in [0, 0.1) is 5.41 Å². The molecule has 1 aromatic rings. The summed E-state index contributed by atoms with van der Waals surface area (Å²) in [5.41, 5.74) is 2.92. The zero-order valence-corrected chi connectivity index (χ0v) is 8.60. The van der Waals surface area contributed by atoms with Crippen molar-refractivity contribution < 1.29 is 14.6 Å². The molecule has 0 atom stereocenters. The van der Waals surface area contributed by atoms with Crippen molar-refractivity contribution in [3.05, 3.63) is 23.8 Å². The van der Waals surface area contributed by atoms with Crippen LogP contribution in [0.1, 0.15) is 10.4 Å². The van der Waals surface area contributed by atoms with Gasteiger partial charge in [-0.25, -0.2) is 4.79 Å². The average Bonchev–Trinajstić information content (AvgIpc) is 2.29. The first-order valence-electron chi connectivity index (χ1n) is 4.38. The molecule has 0 heterocycles. The largest absolute Gasteiger partial charge is 0.497 e. The van der Waals surface area contributed by atoms with Crippen LogP contribution in [0.25, 0.3) is 0 Å². The van der Waals surface area contributed by atoms with Crippen LogP contribution in [-0.2, 0) is 0 Å². The van der Waals surface area contributed by atoms with E-state index in [0.29, 0.717) is 11.4 Å². The maximum atomic E-state index is 10.9. The van der Waals surface area contributed by atoms with E-state index in [1.807, 2.05) is 0 Å². The molecule has 3 N–H and O–H groups in total. The van der Waals surface area contributed by atoms with Crippen LogP contribution in [0.3, 0.4) is 0 Å². The van der Waals surface area contributed by atoms with Gasteiger partial charge in [0.1, 0.15) is 5.75 Å². The number of carboxylic acids is 1. The fourth-order valence-electron chi connectivity index (χ4n) is 1.07. The molecule has 1 rings (SSSR count). The Morgan fingerprint density at radius 2 is 2.38 bits per heavy atom. The molecule has 1 aromatic carbocycles. The first-order chi connectivity index (χ1) is 7.69. The summed E-state index contributed by atoms with van der Waals surface area (Å²) in [5.74, 6) is -0.620. The normalized spacial score (nSPS) is 10.1. The van der Waals surface area contributed by atoms with Gasteiger partial charge in [0.25, 0.3) is 0 Å². The van der Waals surface area contributed by atoms with Crippen LogP contribution >= 0.6 is 0 Å². The summed E-state index contributed by atoms with van der Waals surface area (Å²) < 4.78 is 4.92. The SMILES string of the molecule is COc1ccc(N/N=C\C=N)c(C(=O)O)c1. The summed E-state index contributed by atoms with van der Waals surface area (Å²) >= 11 is 0. The molecule has 0 bridgehead atoms. The van der Waals surface area contributed by atoms with Gasteiger partial charge in [-0.05, 0) is 18.2 Å². The molecule has 0 aromatic heterocycles. The van der Waals surface area contributed by atoms with Gasteiger partial charge in [-0.15, -0.1) is 0 Å². The monoisotopic (exact) mass is 221 g/mol. The van der Waals surface area contributed by atoms with Gasteiger partial charge in [0.05, 0.1) is 24.6 Å². The van der Waals surface area contributed by atoms with Crippen molar-refractivity contribution >= 4 is 24.1 Å². The number of aromatic carboxylic acids is 1. The Bertz CT molecular complexity index is 429. The molecule has 6 heteroatoms. The van der Waals surface area contributed by atoms with Crippen LogP contribution in [0.2, 0.25) is 0 Å². The number of rotatable bonds is 5. The molecule has 0 saturated heterocycles. The number of anilines is 1. The second-order valence-corrected chi connectivity index (χ2v) is 2.77. The van der Waals surface area contributed by atoms with Crippen molar-refractivity contribution in [2.45, 2.75) is 0 Å². The minimum absolute atomic E-state index is 0.0569. The van der Waals surface area contributed by atoms with E-state index < -0.39 is 5.97 Å². The molecule has 0 amide bonds. The predicted octanol–water partition coefficient (Wildman–Crippen LogP) is 1.44. The minimum atomic E-state index is -1.08. The van der Waals surface area contributed by atoms with Crippen molar-refractivity contribution in [2.24, 2.45) is 5.10 Å². The predicted molar refractivity (Wildman–Crippen MR) is 60.9 cm³/mol. The number of nitrogens with one attached hydrogen (secondary N) is 2. The summed E-state index contributed by atoms with van der Waals surface area (Å²) in [6.45, 7) is 0. The summed E-state index contributed by atoms with van der Waals surface area (Å²) in [6, 6.07) is 4.56. The van der Waals surface area contributed by atoms with E-state index in [2.05, 4.69) is 10.5 Å². The number of methoxy groups -OCH3 is 1. The third-order valence-electron chi connectivity index (χ3n) is 1.79. The Labute approximate surface area is 92.1 Å². The van der Waals surface area contributed by atoms with Gasteiger partial charge in [-0.3, -0.25) is 5.43 Å². The first-order valence-corrected chi connectivity index (χ1v) is 4.38. The van der Waals surface area contributed by atoms with Crippen LogP contribution in [0.4, 0.5) is 5.69 Å². The van der Waals surface area contributed by atoms with Gasteiger partial charge >= 0.3 is 5.97 Å². The van der Waals surface area contributed by atoms with E-state index in [1.165, 1.54) is 19.4 Å². The van der Waals surface area contributed by atoms with E-state index in [-0.39, 0.29) is 5.56 Å². The smallest absolute Gasteiger partial charge is 0.338 e. The standard InChI is InChI=1S/C10H11N3O3/c1-16-7-2-3-9(13-12-5-4-11)8(6-7)10(14)15/h2-6,11,13H,1H3,(H,14,15)/b11-4?,12-5-. The van der Waals surface area contributed by atoms with E-state index in [9.17, 15) is 4.79 Å². The van der Waals surface area contributed by atoms with E-state index in [0.717, 1.165) is 6.21 Å². The maximum absolute atomic E-state index is 10.9. The number of hydrogen-bond acceptors (Lipinski definition) is 5. The number of carboxylic acid groups (broad SMARTS) is 1. The topological polar surface area (TPSA) is 94.8 Å². The number of hydrazone groups is 1. The van der Waals surface area contributed by atoms with Crippen LogP contribution in [0.15, 0.2) is 23.3 Å². The van der Waals surface area contributed by atoms with Gasteiger partial charge in [0.2, 0.25) is 0 Å². The molecule has 0 fully saturated rings. The molecular weight excluding hydrogens is 210 g/mol. The third-order valence-corrected chi connectivity index (χ3v) is 1.79. The van der Waals surface area contributed by atoms with Crippen LogP contribution in [-0.4, -0.2) is 30.6 Å². The number of hydrogen-bond donors (Lipinski definition) is 3. The zero-order chi connectivity index (χ0) is 12.0. The van der Waals surface area contributed by atoms with Crippen molar-refractivity contribution in [3.63, 3.8) is 0 Å². The van der Waals surface area contributed by atoms with Gasteiger partial charge in [-0.2, -0.15) is 5.10 Å². The Kier molecular flexibility index (Phi) is 4.02. The van der Waals surface area contributed by atoms with E-state index in [1.54, 1.807) is 12.1 Å². The Morgan fingerprint density at radius 1 is 1.62 bits per heavy atom. The summed E-state index contributed by atoms with van der Waals surface area (Å²) in [5, 5.41) is 19.3. The second kappa shape index (κ2) is 5.50. The van der Waals surface area contributed by atoms with Gasteiger partial charge < -0.3 is 15.3 Å². The molecular formula is C10H11N3O3. The summed E-state index contributed by atoms with van der Waals surface area (Å²) in [6.07, 6.45) is 2.19. The first kappa shape index (κ1) is 11.7.